The highest BCUT2D eigenvalue weighted by atomic mass is 35.5. The Morgan fingerprint density at radius 2 is 2.15 bits per heavy atom. The molecule has 2 fully saturated rings. The summed E-state index contributed by atoms with van der Waals surface area (Å²) in [6, 6.07) is 5.21. The predicted molar refractivity (Wildman–Crippen MR) is 75.1 cm³/mol. The van der Waals surface area contributed by atoms with Gasteiger partial charge in [0.15, 0.2) is 0 Å². The van der Waals surface area contributed by atoms with Gasteiger partial charge in [-0.2, -0.15) is 0 Å². The van der Waals surface area contributed by atoms with Gasteiger partial charge in [0.25, 0.3) is 0 Å². The van der Waals surface area contributed by atoms with Crippen LogP contribution in [0.5, 0.6) is 0 Å². The summed E-state index contributed by atoms with van der Waals surface area (Å²) in [7, 11) is 0. The average molecular weight is 295 g/mol. The number of hydrogen-bond acceptors (Lipinski definition) is 3. The van der Waals surface area contributed by atoms with Gasteiger partial charge in [0, 0.05) is 17.8 Å². The molecule has 2 aliphatic heterocycles. The van der Waals surface area contributed by atoms with Crippen molar-refractivity contribution in [2.75, 3.05) is 5.32 Å². The third kappa shape index (κ3) is 2.39. The molecule has 0 spiro atoms. The van der Waals surface area contributed by atoms with Gasteiger partial charge in [0.05, 0.1) is 16.5 Å². The van der Waals surface area contributed by atoms with Crippen LogP contribution in [-0.4, -0.2) is 29.1 Å². The van der Waals surface area contributed by atoms with Crippen molar-refractivity contribution >= 4 is 29.2 Å². The van der Waals surface area contributed by atoms with E-state index in [0.29, 0.717) is 11.7 Å². The van der Waals surface area contributed by atoms with Gasteiger partial charge in [-0.05, 0) is 37.5 Å². The van der Waals surface area contributed by atoms with Gasteiger partial charge < -0.3 is 15.7 Å². The normalized spacial score (nSPS) is 27.6. The minimum Gasteiger partial charge on any atom is -0.478 e. The molecule has 20 heavy (non-hydrogen) atoms. The monoisotopic (exact) mass is 294 g/mol. The Morgan fingerprint density at radius 1 is 1.35 bits per heavy atom. The number of amides is 1. The summed E-state index contributed by atoms with van der Waals surface area (Å²) in [5, 5.41) is 15.4. The highest BCUT2D eigenvalue weighted by molar-refractivity contribution is 6.33. The van der Waals surface area contributed by atoms with Crippen LogP contribution in [0.25, 0.3) is 0 Å². The Labute approximate surface area is 121 Å². The Morgan fingerprint density at radius 3 is 2.75 bits per heavy atom. The zero-order valence-corrected chi connectivity index (χ0v) is 11.5. The first-order valence-electron chi connectivity index (χ1n) is 6.64. The Kier molecular flexibility index (Phi) is 3.40. The van der Waals surface area contributed by atoms with E-state index >= 15 is 0 Å². The number of carbonyl (C=O) groups is 2. The van der Waals surface area contributed by atoms with E-state index in [1.54, 1.807) is 6.07 Å². The van der Waals surface area contributed by atoms with Crippen LogP contribution in [0.4, 0.5) is 5.69 Å². The summed E-state index contributed by atoms with van der Waals surface area (Å²) in [4.78, 5) is 23.3. The Bertz CT molecular complexity index is 576. The van der Waals surface area contributed by atoms with E-state index in [-0.39, 0.29) is 28.5 Å². The third-order valence-electron chi connectivity index (χ3n) is 4.10. The quantitative estimate of drug-likeness (QED) is 0.798. The zero-order valence-electron chi connectivity index (χ0n) is 10.7. The number of rotatable bonds is 3. The first-order chi connectivity index (χ1) is 9.54. The minimum absolute atomic E-state index is 0.00413. The fourth-order valence-electron chi connectivity index (χ4n) is 3.12. The molecule has 0 radical (unpaired) electrons. The van der Waals surface area contributed by atoms with Gasteiger partial charge >= 0.3 is 5.97 Å². The number of anilines is 1. The van der Waals surface area contributed by atoms with Crippen LogP contribution >= 0.6 is 11.6 Å². The van der Waals surface area contributed by atoms with Gasteiger partial charge in [-0.15, -0.1) is 0 Å². The molecule has 1 amide bonds. The van der Waals surface area contributed by atoms with Crippen LogP contribution in [0.15, 0.2) is 18.2 Å². The van der Waals surface area contributed by atoms with Crippen molar-refractivity contribution in [1.29, 1.82) is 0 Å². The molecule has 3 unspecified atom stereocenters. The SMILES string of the molecule is O=C(O)c1cc(NC(=O)C2CC3CCC2N3)ccc1Cl. The Hall–Kier alpha value is -1.59. The van der Waals surface area contributed by atoms with E-state index in [9.17, 15) is 9.59 Å². The lowest BCUT2D eigenvalue weighted by molar-refractivity contribution is -0.120. The maximum absolute atomic E-state index is 12.2. The van der Waals surface area contributed by atoms with Crippen LogP contribution in [0, 0.1) is 5.92 Å². The molecule has 0 aliphatic carbocycles. The second-order valence-electron chi connectivity index (χ2n) is 5.38. The van der Waals surface area contributed by atoms with Crippen molar-refractivity contribution in [3.63, 3.8) is 0 Å². The molecule has 2 heterocycles. The number of carbonyl (C=O) groups excluding carboxylic acids is 1. The van der Waals surface area contributed by atoms with Gasteiger partial charge in [0.1, 0.15) is 0 Å². The molecule has 1 aromatic carbocycles. The number of aromatic carboxylic acids is 1. The molecular weight excluding hydrogens is 280 g/mol. The second kappa shape index (κ2) is 5.07. The molecule has 0 saturated carbocycles. The number of fused-ring (bicyclic) bond motifs is 2. The number of halogens is 1. The molecule has 2 aliphatic rings. The summed E-state index contributed by atoms with van der Waals surface area (Å²) in [5.74, 6) is -1.19. The third-order valence-corrected chi connectivity index (χ3v) is 4.43. The summed E-state index contributed by atoms with van der Waals surface area (Å²) in [5.41, 5.74) is 0.468. The standard InChI is InChI=1S/C14H15ClN2O3/c15-11-3-1-8(5-9(11)14(19)20)17-13(18)10-6-7-2-4-12(10)16-7/h1,3,5,7,10,12,16H,2,4,6H2,(H,17,18)(H,19,20). The fourth-order valence-corrected chi connectivity index (χ4v) is 3.31. The molecule has 3 N–H and O–H groups in total. The van der Waals surface area contributed by atoms with Crippen LogP contribution in [0.2, 0.25) is 5.02 Å². The molecule has 1 aromatic rings. The summed E-state index contributed by atoms with van der Waals surface area (Å²) in [6.45, 7) is 0. The summed E-state index contributed by atoms with van der Waals surface area (Å²) < 4.78 is 0. The molecule has 3 atom stereocenters. The van der Waals surface area contributed by atoms with Crippen molar-refractivity contribution in [1.82, 2.24) is 5.32 Å². The van der Waals surface area contributed by atoms with Crippen LogP contribution in [0.3, 0.4) is 0 Å². The van der Waals surface area contributed by atoms with Crippen LogP contribution < -0.4 is 10.6 Å². The first kappa shape index (κ1) is 13.4. The fraction of sp³-hybridized carbons (Fsp3) is 0.429. The van der Waals surface area contributed by atoms with E-state index in [1.807, 2.05) is 0 Å². The number of nitrogens with one attached hydrogen (secondary N) is 2. The molecule has 2 saturated heterocycles. The van der Waals surface area contributed by atoms with Crippen LogP contribution in [-0.2, 0) is 4.79 Å². The maximum atomic E-state index is 12.2. The zero-order chi connectivity index (χ0) is 14.3. The lowest BCUT2D eigenvalue weighted by atomic mass is 9.88. The Balaban J connectivity index is 1.73. The summed E-state index contributed by atoms with van der Waals surface area (Å²) >= 11 is 5.80. The van der Waals surface area contributed by atoms with E-state index < -0.39 is 5.97 Å². The predicted octanol–water partition coefficient (Wildman–Crippen LogP) is 2.12. The molecule has 106 valence electrons. The number of benzene rings is 1. The first-order valence-corrected chi connectivity index (χ1v) is 7.02. The average Bonchev–Trinajstić information content (AvgIpc) is 3.03. The van der Waals surface area contributed by atoms with Crippen molar-refractivity contribution < 1.29 is 14.7 Å². The second-order valence-corrected chi connectivity index (χ2v) is 5.79. The lowest BCUT2D eigenvalue weighted by Crippen LogP contribution is -2.32. The molecule has 0 aromatic heterocycles. The van der Waals surface area contributed by atoms with Gasteiger partial charge in [-0.3, -0.25) is 4.79 Å². The van der Waals surface area contributed by atoms with Gasteiger partial charge in [0.2, 0.25) is 5.91 Å². The van der Waals surface area contributed by atoms with Crippen molar-refractivity contribution in [2.24, 2.45) is 5.92 Å². The molecule has 5 nitrogen and oxygen atoms in total. The van der Waals surface area contributed by atoms with E-state index in [4.69, 9.17) is 16.7 Å². The molecule has 2 bridgehead atoms. The van der Waals surface area contributed by atoms with E-state index in [2.05, 4.69) is 10.6 Å². The highest BCUT2D eigenvalue weighted by Crippen LogP contribution is 2.34. The maximum Gasteiger partial charge on any atom is 0.337 e. The van der Waals surface area contributed by atoms with Gasteiger partial charge in [-0.1, -0.05) is 11.6 Å². The van der Waals surface area contributed by atoms with E-state index in [1.165, 1.54) is 12.1 Å². The number of hydrogen-bond donors (Lipinski definition) is 3. The molecular formula is C14H15ClN2O3. The van der Waals surface area contributed by atoms with Gasteiger partial charge in [-0.25, -0.2) is 4.79 Å². The van der Waals surface area contributed by atoms with E-state index in [0.717, 1.165) is 19.3 Å². The smallest absolute Gasteiger partial charge is 0.337 e. The van der Waals surface area contributed by atoms with Crippen molar-refractivity contribution in [3.8, 4) is 0 Å². The molecule has 6 heteroatoms. The minimum atomic E-state index is -1.10. The lowest BCUT2D eigenvalue weighted by Gasteiger charge is -2.19. The van der Waals surface area contributed by atoms with Crippen LogP contribution in [0.1, 0.15) is 29.6 Å². The molecule has 3 rings (SSSR count). The summed E-state index contributed by atoms with van der Waals surface area (Å²) in [6.07, 6.45) is 3.03. The van der Waals surface area contributed by atoms with Crippen molar-refractivity contribution in [3.05, 3.63) is 28.8 Å². The van der Waals surface area contributed by atoms with Crippen molar-refractivity contribution in [2.45, 2.75) is 31.3 Å². The largest absolute Gasteiger partial charge is 0.478 e. The topological polar surface area (TPSA) is 78.4 Å². The number of carboxylic acid groups (broad SMARTS) is 1. The highest BCUT2D eigenvalue weighted by Gasteiger charge is 2.42. The number of carboxylic acids is 1.